The van der Waals surface area contributed by atoms with Crippen molar-refractivity contribution in [3.05, 3.63) is 65.2 Å². The van der Waals surface area contributed by atoms with E-state index >= 15 is 0 Å². The van der Waals surface area contributed by atoms with Crippen LogP contribution in [0.1, 0.15) is 62.3 Å². The van der Waals surface area contributed by atoms with Gasteiger partial charge in [-0.3, -0.25) is 9.69 Å². The predicted molar refractivity (Wildman–Crippen MR) is 118 cm³/mol. The van der Waals surface area contributed by atoms with Crippen molar-refractivity contribution in [1.82, 2.24) is 10.2 Å². The lowest BCUT2D eigenvalue weighted by Gasteiger charge is -2.28. The Morgan fingerprint density at radius 2 is 1.62 bits per heavy atom. The minimum absolute atomic E-state index is 0.0442. The van der Waals surface area contributed by atoms with E-state index in [-0.39, 0.29) is 18.6 Å². The highest BCUT2D eigenvalue weighted by molar-refractivity contribution is 5.77. The third-order valence-corrected chi connectivity index (χ3v) is 5.76. The molecule has 0 aromatic heterocycles. The topological polar surface area (TPSA) is 41.6 Å². The van der Waals surface area contributed by atoms with Gasteiger partial charge in [0, 0.05) is 6.54 Å². The molecule has 1 aliphatic heterocycles. The van der Waals surface area contributed by atoms with Crippen LogP contribution in [0.15, 0.2) is 48.5 Å². The Balaban J connectivity index is 1.54. The maximum atomic E-state index is 12.4. The van der Waals surface area contributed by atoms with Crippen molar-refractivity contribution in [2.75, 3.05) is 26.2 Å². The van der Waals surface area contributed by atoms with E-state index in [0.717, 1.165) is 25.3 Å². The number of rotatable bonds is 9. The first-order chi connectivity index (χ1) is 14.1. The Labute approximate surface area is 175 Å². The van der Waals surface area contributed by atoms with E-state index in [9.17, 15) is 4.79 Å². The molecule has 1 atom stereocenters. The molecular formula is C25H34N2O2. The lowest BCUT2D eigenvalue weighted by molar-refractivity contribution is -0.123. The molecule has 3 rings (SSSR count). The summed E-state index contributed by atoms with van der Waals surface area (Å²) in [6.07, 6.45) is 3.50. The van der Waals surface area contributed by atoms with Crippen LogP contribution in [0, 0.1) is 0 Å². The molecule has 1 heterocycles. The van der Waals surface area contributed by atoms with Crippen LogP contribution in [0.3, 0.4) is 0 Å². The lowest BCUT2D eigenvalue weighted by Crippen LogP contribution is -2.38. The van der Waals surface area contributed by atoms with Gasteiger partial charge in [-0.05, 0) is 67.1 Å². The minimum atomic E-state index is -0.0766. The summed E-state index contributed by atoms with van der Waals surface area (Å²) in [7, 11) is 0. The summed E-state index contributed by atoms with van der Waals surface area (Å²) >= 11 is 0. The lowest BCUT2D eigenvalue weighted by atomic mass is 10.0. The van der Waals surface area contributed by atoms with Crippen LogP contribution in [0.5, 0.6) is 5.75 Å². The number of nitrogens with zero attached hydrogens (tertiary/aromatic N) is 1. The first kappa shape index (κ1) is 21.4. The molecule has 0 radical (unpaired) electrons. The smallest absolute Gasteiger partial charge is 0.258 e. The Bertz CT molecular complexity index is 762. The number of benzene rings is 2. The highest BCUT2D eigenvalue weighted by Gasteiger charge is 2.24. The number of hydrogen-bond acceptors (Lipinski definition) is 3. The molecular weight excluding hydrogens is 360 g/mol. The van der Waals surface area contributed by atoms with Gasteiger partial charge in [0.2, 0.25) is 0 Å². The first-order valence-corrected chi connectivity index (χ1v) is 10.9. The van der Waals surface area contributed by atoms with Crippen molar-refractivity contribution in [3.8, 4) is 5.75 Å². The number of likely N-dealkylation sites (tertiary alicyclic amines) is 1. The van der Waals surface area contributed by atoms with Gasteiger partial charge in [0.05, 0.1) is 6.04 Å². The van der Waals surface area contributed by atoms with Crippen LogP contribution >= 0.6 is 0 Å². The summed E-state index contributed by atoms with van der Waals surface area (Å²) in [5.74, 6) is 1.14. The molecule has 29 heavy (non-hydrogen) atoms. The third-order valence-electron chi connectivity index (χ3n) is 5.76. The van der Waals surface area contributed by atoms with Gasteiger partial charge in [-0.25, -0.2) is 0 Å². The minimum Gasteiger partial charge on any atom is -0.484 e. The summed E-state index contributed by atoms with van der Waals surface area (Å²) in [5, 5.41) is 3.08. The van der Waals surface area contributed by atoms with Gasteiger partial charge in [0.1, 0.15) is 5.75 Å². The number of ether oxygens (including phenoxy) is 1. The monoisotopic (exact) mass is 394 g/mol. The molecule has 0 aliphatic carbocycles. The van der Waals surface area contributed by atoms with Crippen molar-refractivity contribution in [2.45, 2.75) is 52.0 Å². The Morgan fingerprint density at radius 1 is 1.00 bits per heavy atom. The maximum Gasteiger partial charge on any atom is 0.258 e. The van der Waals surface area contributed by atoms with E-state index in [1.807, 2.05) is 12.1 Å². The fraction of sp³-hybridized carbons (Fsp3) is 0.480. The Kier molecular flexibility index (Phi) is 7.70. The van der Waals surface area contributed by atoms with Gasteiger partial charge in [0.25, 0.3) is 5.91 Å². The zero-order valence-electron chi connectivity index (χ0n) is 18.0. The molecule has 0 unspecified atom stereocenters. The van der Waals surface area contributed by atoms with E-state index < -0.39 is 0 Å². The average molecular weight is 395 g/mol. The Hall–Kier alpha value is -2.33. The molecule has 1 saturated heterocycles. The van der Waals surface area contributed by atoms with Crippen molar-refractivity contribution in [3.63, 3.8) is 0 Å². The molecule has 156 valence electrons. The van der Waals surface area contributed by atoms with Crippen molar-refractivity contribution >= 4 is 5.91 Å². The number of aryl methyl sites for hydroxylation is 1. The quantitative estimate of drug-likeness (QED) is 0.670. The van der Waals surface area contributed by atoms with Crippen LogP contribution < -0.4 is 10.1 Å². The molecule has 4 heteroatoms. The van der Waals surface area contributed by atoms with Crippen LogP contribution in [-0.4, -0.2) is 37.0 Å². The number of hydrogen-bond donors (Lipinski definition) is 1. The van der Waals surface area contributed by atoms with E-state index in [4.69, 9.17) is 4.74 Å². The highest BCUT2D eigenvalue weighted by atomic mass is 16.5. The summed E-state index contributed by atoms with van der Waals surface area (Å²) in [5.41, 5.74) is 3.88. The maximum absolute atomic E-state index is 12.4. The summed E-state index contributed by atoms with van der Waals surface area (Å²) < 4.78 is 5.67. The molecule has 1 N–H and O–H groups in total. The van der Waals surface area contributed by atoms with E-state index in [1.165, 1.54) is 29.5 Å². The normalized spacial score (nSPS) is 15.4. The second-order valence-electron chi connectivity index (χ2n) is 8.17. The van der Waals surface area contributed by atoms with Gasteiger partial charge in [0.15, 0.2) is 6.61 Å². The molecule has 2 aromatic rings. The molecule has 0 bridgehead atoms. The van der Waals surface area contributed by atoms with Gasteiger partial charge < -0.3 is 10.1 Å². The summed E-state index contributed by atoms with van der Waals surface area (Å²) in [6.45, 7) is 9.33. The van der Waals surface area contributed by atoms with E-state index in [2.05, 4.69) is 67.4 Å². The van der Waals surface area contributed by atoms with Gasteiger partial charge >= 0.3 is 0 Å². The second kappa shape index (κ2) is 10.4. The largest absolute Gasteiger partial charge is 0.484 e. The zero-order valence-corrected chi connectivity index (χ0v) is 18.0. The SMILES string of the molecule is CCc1ccc([C@H](CNC(=O)COc2ccc(C(C)C)cc2)N2CCCC2)cc1. The van der Waals surface area contributed by atoms with Crippen LogP contribution in [0.4, 0.5) is 0 Å². The molecule has 1 aliphatic rings. The number of amides is 1. The molecule has 1 fully saturated rings. The zero-order chi connectivity index (χ0) is 20.6. The predicted octanol–water partition coefficient (Wildman–Crippen LogP) is 4.70. The summed E-state index contributed by atoms with van der Waals surface area (Å²) in [4.78, 5) is 14.9. The molecule has 0 saturated carbocycles. The standard InChI is InChI=1S/C25H34N2O2/c1-4-20-7-9-22(10-8-20)24(27-15-5-6-16-27)17-26-25(28)18-29-23-13-11-21(12-14-23)19(2)3/h7-14,19,24H,4-6,15-18H2,1-3H3,(H,26,28)/t24-/m0/s1. The Morgan fingerprint density at radius 3 is 2.21 bits per heavy atom. The molecule has 0 spiro atoms. The first-order valence-electron chi connectivity index (χ1n) is 10.9. The van der Waals surface area contributed by atoms with Crippen LogP contribution in [0.25, 0.3) is 0 Å². The van der Waals surface area contributed by atoms with Gasteiger partial charge in [-0.1, -0.05) is 57.2 Å². The fourth-order valence-corrected chi connectivity index (χ4v) is 3.85. The second-order valence-corrected chi connectivity index (χ2v) is 8.17. The third kappa shape index (κ3) is 6.07. The van der Waals surface area contributed by atoms with Crippen LogP contribution in [0.2, 0.25) is 0 Å². The molecule has 1 amide bonds. The highest BCUT2D eigenvalue weighted by Crippen LogP contribution is 2.25. The average Bonchev–Trinajstić information content (AvgIpc) is 3.27. The number of carbonyl (C=O) groups excluding carboxylic acids is 1. The molecule has 4 nitrogen and oxygen atoms in total. The van der Waals surface area contributed by atoms with Crippen molar-refractivity contribution < 1.29 is 9.53 Å². The fourth-order valence-electron chi connectivity index (χ4n) is 3.85. The van der Waals surface area contributed by atoms with Gasteiger partial charge in [-0.15, -0.1) is 0 Å². The number of carbonyl (C=O) groups is 1. The van der Waals surface area contributed by atoms with Crippen molar-refractivity contribution in [1.29, 1.82) is 0 Å². The van der Waals surface area contributed by atoms with Crippen molar-refractivity contribution in [2.24, 2.45) is 0 Å². The van der Waals surface area contributed by atoms with E-state index in [1.54, 1.807) is 0 Å². The summed E-state index contributed by atoms with van der Waals surface area (Å²) in [6, 6.07) is 17.0. The van der Waals surface area contributed by atoms with E-state index in [0.29, 0.717) is 12.5 Å². The van der Waals surface area contributed by atoms with Crippen LogP contribution in [-0.2, 0) is 11.2 Å². The number of nitrogens with one attached hydrogen (secondary N) is 1. The molecule has 2 aromatic carbocycles. The van der Waals surface area contributed by atoms with Gasteiger partial charge in [-0.2, -0.15) is 0 Å².